The molecule has 2 rings (SSSR count). The molecule has 0 aliphatic carbocycles. The minimum atomic E-state index is 0.746. The molecule has 0 aliphatic heterocycles. The van der Waals surface area contributed by atoms with Crippen LogP contribution in [0.2, 0.25) is 0 Å². The van der Waals surface area contributed by atoms with Gasteiger partial charge in [-0.1, -0.05) is 25.1 Å². The van der Waals surface area contributed by atoms with Crippen LogP contribution >= 0.6 is 12.2 Å². The quantitative estimate of drug-likeness (QED) is 0.842. The normalized spacial score (nSPS) is 10.5. The summed E-state index contributed by atoms with van der Waals surface area (Å²) in [5, 5.41) is 0. The van der Waals surface area contributed by atoms with E-state index in [9.17, 15) is 0 Å². The molecule has 0 bridgehead atoms. The largest absolute Gasteiger partial charge is 0.496 e. The van der Waals surface area contributed by atoms with Gasteiger partial charge in [0.25, 0.3) is 0 Å². The van der Waals surface area contributed by atoms with Crippen molar-refractivity contribution in [3.05, 3.63) is 46.5 Å². The monoisotopic (exact) mass is 248 g/mol. The standard InChI is InChI=1S/C13H16N2OS/c1-3-11-8-14-13(17)15(11)9-10-6-4-5-7-12(10)16-2/h4-8H,3,9H2,1-2H3,(H,14,17). The summed E-state index contributed by atoms with van der Waals surface area (Å²) >= 11 is 5.28. The van der Waals surface area contributed by atoms with E-state index in [1.807, 2.05) is 24.4 Å². The number of aryl methyl sites for hydroxylation is 1. The second kappa shape index (κ2) is 5.19. The number of nitrogens with one attached hydrogen (secondary N) is 1. The van der Waals surface area contributed by atoms with Gasteiger partial charge in [-0.05, 0) is 24.7 Å². The summed E-state index contributed by atoms with van der Waals surface area (Å²) < 4.78 is 8.21. The van der Waals surface area contributed by atoms with Crippen LogP contribution in [-0.2, 0) is 13.0 Å². The first-order chi connectivity index (χ1) is 8.26. The highest BCUT2D eigenvalue weighted by atomic mass is 32.1. The molecule has 17 heavy (non-hydrogen) atoms. The molecule has 90 valence electrons. The molecule has 0 saturated carbocycles. The number of methoxy groups -OCH3 is 1. The third kappa shape index (κ3) is 2.42. The van der Waals surface area contributed by atoms with Crippen molar-refractivity contribution in [3.8, 4) is 5.75 Å². The van der Waals surface area contributed by atoms with Crippen LogP contribution in [0.1, 0.15) is 18.2 Å². The number of aromatic nitrogens is 2. The molecule has 1 heterocycles. The molecule has 0 unspecified atom stereocenters. The van der Waals surface area contributed by atoms with Crippen molar-refractivity contribution in [1.29, 1.82) is 0 Å². The van der Waals surface area contributed by atoms with E-state index in [1.54, 1.807) is 7.11 Å². The maximum atomic E-state index is 5.35. The molecule has 4 heteroatoms. The van der Waals surface area contributed by atoms with E-state index in [2.05, 4.69) is 22.5 Å². The molecular formula is C13H16N2OS. The highest BCUT2D eigenvalue weighted by Crippen LogP contribution is 2.19. The first-order valence-electron chi connectivity index (χ1n) is 5.65. The molecule has 0 spiro atoms. The van der Waals surface area contributed by atoms with Gasteiger partial charge in [0.05, 0.1) is 13.7 Å². The highest BCUT2D eigenvalue weighted by Gasteiger charge is 2.06. The van der Waals surface area contributed by atoms with Gasteiger partial charge in [0.1, 0.15) is 5.75 Å². The number of benzene rings is 1. The zero-order valence-electron chi connectivity index (χ0n) is 10.1. The molecule has 2 aromatic rings. The van der Waals surface area contributed by atoms with Crippen molar-refractivity contribution in [1.82, 2.24) is 9.55 Å². The Morgan fingerprint density at radius 1 is 1.35 bits per heavy atom. The number of para-hydroxylation sites is 1. The fourth-order valence-electron chi connectivity index (χ4n) is 1.90. The molecule has 0 fully saturated rings. The molecule has 0 amide bonds. The summed E-state index contributed by atoms with van der Waals surface area (Å²) in [7, 11) is 1.69. The number of nitrogens with zero attached hydrogens (tertiary/aromatic N) is 1. The predicted molar refractivity (Wildman–Crippen MR) is 71.1 cm³/mol. The molecule has 1 N–H and O–H groups in total. The van der Waals surface area contributed by atoms with E-state index in [0.717, 1.165) is 29.0 Å². The average Bonchev–Trinajstić information content (AvgIpc) is 2.71. The van der Waals surface area contributed by atoms with Crippen LogP contribution < -0.4 is 4.74 Å². The number of ether oxygens (including phenoxy) is 1. The molecule has 1 aromatic carbocycles. The average molecular weight is 248 g/mol. The number of hydrogen-bond acceptors (Lipinski definition) is 2. The zero-order valence-corrected chi connectivity index (χ0v) is 10.9. The van der Waals surface area contributed by atoms with E-state index in [0.29, 0.717) is 0 Å². The van der Waals surface area contributed by atoms with Crippen molar-refractivity contribution in [2.24, 2.45) is 0 Å². The van der Waals surface area contributed by atoms with Crippen LogP contribution in [0.3, 0.4) is 0 Å². The Balaban J connectivity index is 2.37. The lowest BCUT2D eigenvalue weighted by molar-refractivity contribution is 0.408. The first kappa shape index (κ1) is 11.9. The van der Waals surface area contributed by atoms with Gasteiger partial charge in [0.2, 0.25) is 0 Å². The fourth-order valence-corrected chi connectivity index (χ4v) is 2.14. The minimum absolute atomic E-state index is 0.746. The van der Waals surface area contributed by atoms with E-state index < -0.39 is 0 Å². The van der Waals surface area contributed by atoms with Crippen LogP contribution in [0.4, 0.5) is 0 Å². The molecule has 0 saturated heterocycles. The third-order valence-corrected chi connectivity index (χ3v) is 3.18. The van der Waals surface area contributed by atoms with E-state index in [4.69, 9.17) is 17.0 Å². The van der Waals surface area contributed by atoms with Crippen molar-refractivity contribution < 1.29 is 4.74 Å². The van der Waals surface area contributed by atoms with Gasteiger partial charge < -0.3 is 14.3 Å². The van der Waals surface area contributed by atoms with Crippen LogP contribution in [0.5, 0.6) is 5.75 Å². The molecule has 0 aliphatic rings. The fraction of sp³-hybridized carbons (Fsp3) is 0.308. The lowest BCUT2D eigenvalue weighted by Gasteiger charge is -2.10. The maximum Gasteiger partial charge on any atom is 0.177 e. The van der Waals surface area contributed by atoms with Gasteiger partial charge >= 0.3 is 0 Å². The molecule has 0 atom stereocenters. The second-order valence-electron chi connectivity index (χ2n) is 3.84. The lowest BCUT2D eigenvalue weighted by atomic mass is 10.2. The van der Waals surface area contributed by atoms with Crippen molar-refractivity contribution in [2.75, 3.05) is 7.11 Å². The lowest BCUT2D eigenvalue weighted by Crippen LogP contribution is -2.05. The van der Waals surface area contributed by atoms with E-state index in [1.165, 1.54) is 5.69 Å². The Hall–Kier alpha value is -1.55. The number of H-pyrrole nitrogens is 1. The predicted octanol–water partition coefficient (Wildman–Crippen LogP) is 3.16. The van der Waals surface area contributed by atoms with E-state index >= 15 is 0 Å². The second-order valence-corrected chi connectivity index (χ2v) is 4.22. The number of imidazole rings is 1. The smallest absolute Gasteiger partial charge is 0.177 e. The molecule has 1 aromatic heterocycles. The highest BCUT2D eigenvalue weighted by molar-refractivity contribution is 7.71. The molecular weight excluding hydrogens is 232 g/mol. The number of aromatic amines is 1. The first-order valence-corrected chi connectivity index (χ1v) is 6.06. The Bertz CT molecular complexity index is 557. The SMILES string of the molecule is CCc1c[nH]c(=S)n1Cc1ccccc1OC. The van der Waals surface area contributed by atoms with Gasteiger partial charge in [0.15, 0.2) is 4.77 Å². The topological polar surface area (TPSA) is 29.9 Å². The molecule has 0 radical (unpaired) electrons. The van der Waals surface area contributed by atoms with Gasteiger partial charge in [-0.2, -0.15) is 0 Å². The van der Waals surface area contributed by atoms with E-state index in [-0.39, 0.29) is 0 Å². The minimum Gasteiger partial charge on any atom is -0.496 e. The van der Waals surface area contributed by atoms with Crippen LogP contribution in [0.15, 0.2) is 30.5 Å². The number of rotatable bonds is 4. The van der Waals surface area contributed by atoms with Gasteiger partial charge in [-0.25, -0.2) is 0 Å². The van der Waals surface area contributed by atoms with Gasteiger partial charge in [-0.3, -0.25) is 0 Å². The number of hydrogen-bond donors (Lipinski definition) is 1. The Kier molecular flexibility index (Phi) is 3.64. The van der Waals surface area contributed by atoms with Crippen LogP contribution in [-0.4, -0.2) is 16.7 Å². The van der Waals surface area contributed by atoms with Crippen LogP contribution in [0.25, 0.3) is 0 Å². The third-order valence-electron chi connectivity index (χ3n) is 2.84. The van der Waals surface area contributed by atoms with Gasteiger partial charge in [-0.15, -0.1) is 0 Å². The maximum absolute atomic E-state index is 5.35. The summed E-state index contributed by atoms with van der Waals surface area (Å²) in [6.07, 6.45) is 2.93. The summed E-state index contributed by atoms with van der Waals surface area (Å²) in [5.74, 6) is 0.901. The Morgan fingerprint density at radius 3 is 2.82 bits per heavy atom. The summed E-state index contributed by atoms with van der Waals surface area (Å²) in [6.45, 7) is 2.87. The van der Waals surface area contributed by atoms with Crippen molar-refractivity contribution >= 4 is 12.2 Å². The van der Waals surface area contributed by atoms with Crippen molar-refractivity contribution in [3.63, 3.8) is 0 Å². The van der Waals surface area contributed by atoms with Crippen LogP contribution in [0, 0.1) is 4.77 Å². The summed E-state index contributed by atoms with van der Waals surface area (Å²) in [4.78, 5) is 3.08. The van der Waals surface area contributed by atoms with Gasteiger partial charge in [0, 0.05) is 17.5 Å². The summed E-state index contributed by atoms with van der Waals surface area (Å²) in [6, 6.07) is 8.02. The van der Waals surface area contributed by atoms with Crippen molar-refractivity contribution in [2.45, 2.75) is 19.9 Å². The zero-order chi connectivity index (χ0) is 12.3. The molecule has 3 nitrogen and oxygen atoms in total. The summed E-state index contributed by atoms with van der Waals surface area (Å²) in [5.41, 5.74) is 2.35. The Labute approximate surface area is 106 Å². The Morgan fingerprint density at radius 2 is 2.12 bits per heavy atom.